The highest BCUT2D eigenvalue weighted by molar-refractivity contribution is 5.81. The summed E-state index contributed by atoms with van der Waals surface area (Å²) < 4.78 is 0. The third-order valence-corrected chi connectivity index (χ3v) is 5.97. The van der Waals surface area contributed by atoms with Crippen molar-refractivity contribution in [3.8, 4) is 0 Å². The van der Waals surface area contributed by atoms with Crippen LogP contribution in [-0.2, 0) is 4.79 Å². The molecule has 2 N–H and O–H groups in total. The largest absolute Gasteiger partial charge is 0.357 e. The van der Waals surface area contributed by atoms with E-state index < -0.39 is 0 Å². The number of hydrogen-bond acceptors (Lipinski definition) is 3. The number of nitrogens with one attached hydrogen (secondary N) is 2. The fraction of sp³-hybridized carbons (Fsp3) is 0.905. The van der Waals surface area contributed by atoms with Gasteiger partial charge < -0.3 is 20.4 Å². The summed E-state index contributed by atoms with van der Waals surface area (Å²) in [4.78, 5) is 21.5. The molecule has 27 heavy (non-hydrogen) atoms. The predicted molar refractivity (Wildman–Crippen MR) is 113 cm³/mol. The van der Waals surface area contributed by atoms with Gasteiger partial charge in [-0.1, -0.05) is 33.1 Å². The summed E-state index contributed by atoms with van der Waals surface area (Å²) in [5.41, 5.74) is 0. The molecule has 2 aliphatic rings. The summed E-state index contributed by atoms with van der Waals surface area (Å²) in [6, 6.07) is 0.793. The first kappa shape index (κ1) is 22.0. The summed E-state index contributed by atoms with van der Waals surface area (Å²) in [7, 11) is 4.36. The van der Waals surface area contributed by atoms with Gasteiger partial charge in [-0.3, -0.25) is 9.79 Å². The smallest absolute Gasteiger partial charge is 0.225 e. The van der Waals surface area contributed by atoms with Crippen LogP contribution in [0.25, 0.3) is 0 Å². The SMILES string of the molecule is CCNC(=NCC(C1CCCCC1)N(C)C)NC1CCN(C(=O)C(C)C)C1. The molecule has 1 aliphatic carbocycles. The molecule has 6 heteroatoms. The molecule has 2 fully saturated rings. The van der Waals surface area contributed by atoms with Gasteiger partial charge in [0.05, 0.1) is 6.54 Å². The highest BCUT2D eigenvalue weighted by Crippen LogP contribution is 2.28. The average molecular weight is 380 g/mol. The molecule has 0 radical (unpaired) electrons. The van der Waals surface area contributed by atoms with Crippen molar-refractivity contribution in [2.75, 3.05) is 40.3 Å². The van der Waals surface area contributed by atoms with Crippen LogP contribution in [-0.4, -0.2) is 74.0 Å². The number of carbonyl (C=O) groups excluding carboxylic acids is 1. The quantitative estimate of drug-likeness (QED) is 0.526. The van der Waals surface area contributed by atoms with Gasteiger partial charge in [-0.05, 0) is 46.2 Å². The Labute approximate surface area is 166 Å². The van der Waals surface area contributed by atoms with Crippen LogP contribution in [0.2, 0.25) is 0 Å². The van der Waals surface area contributed by atoms with E-state index in [0.29, 0.717) is 6.04 Å². The number of likely N-dealkylation sites (tertiary alicyclic amines) is 1. The van der Waals surface area contributed by atoms with Crippen molar-refractivity contribution in [1.29, 1.82) is 0 Å². The van der Waals surface area contributed by atoms with Crippen LogP contribution in [0, 0.1) is 11.8 Å². The minimum Gasteiger partial charge on any atom is -0.357 e. The van der Waals surface area contributed by atoms with Gasteiger partial charge in [-0.2, -0.15) is 0 Å². The van der Waals surface area contributed by atoms with Crippen molar-refractivity contribution in [2.24, 2.45) is 16.8 Å². The van der Waals surface area contributed by atoms with Crippen molar-refractivity contribution in [3.05, 3.63) is 0 Å². The molecule has 2 unspecified atom stereocenters. The minimum absolute atomic E-state index is 0.0713. The summed E-state index contributed by atoms with van der Waals surface area (Å²) >= 11 is 0. The molecule has 1 amide bonds. The first-order valence-electron chi connectivity index (χ1n) is 10.9. The van der Waals surface area contributed by atoms with E-state index in [4.69, 9.17) is 4.99 Å². The van der Waals surface area contributed by atoms with Crippen LogP contribution in [0.4, 0.5) is 0 Å². The van der Waals surface area contributed by atoms with Crippen molar-refractivity contribution >= 4 is 11.9 Å². The second-order valence-electron chi connectivity index (χ2n) is 8.72. The molecule has 6 nitrogen and oxygen atoms in total. The third-order valence-electron chi connectivity index (χ3n) is 5.97. The van der Waals surface area contributed by atoms with Crippen LogP contribution >= 0.6 is 0 Å². The molecule has 1 aliphatic heterocycles. The van der Waals surface area contributed by atoms with Crippen molar-refractivity contribution in [2.45, 2.75) is 71.4 Å². The second-order valence-corrected chi connectivity index (χ2v) is 8.72. The van der Waals surface area contributed by atoms with E-state index in [2.05, 4.69) is 36.6 Å². The van der Waals surface area contributed by atoms with Crippen molar-refractivity contribution < 1.29 is 4.79 Å². The Morgan fingerprint density at radius 2 is 1.89 bits per heavy atom. The number of guanidine groups is 1. The number of rotatable bonds is 7. The van der Waals surface area contributed by atoms with Gasteiger partial charge in [-0.25, -0.2) is 0 Å². The molecular formula is C21H41N5O. The zero-order valence-electron chi connectivity index (χ0n) is 18.1. The lowest BCUT2D eigenvalue weighted by atomic mass is 9.83. The van der Waals surface area contributed by atoms with E-state index >= 15 is 0 Å². The van der Waals surface area contributed by atoms with Gasteiger partial charge in [0.15, 0.2) is 5.96 Å². The van der Waals surface area contributed by atoms with Gasteiger partial charge in [0.25, 0.3) is 0 Å². The first-order chi connectivity index (χ1) is 12.9. The lowest BCUT2D eigenvalue weighted by Gasteiger charge is -2.34. The van der Waals surface area contributed by atoms with Gasteiger partial charge in [0.2, 0.25) is 5.91 Å². The lowest BCUT2D eigenvalue weighted by molar-refractivity contribution is -0.133. The fourth-order valence-electron chi connectivity index (χ4n) is 4.39. The number of carbonyl (C=O) groups is 1. The highest BCUT2D eigenvalue weighted by atomic mass is 16.2. The fourth-order valence-corrected chi connectivity index (χ4v) is 4.39. The number of amides is 1. The Morgan fingerprint density at radius 3 is 2.48 bits per heavy atom. The number of nitrogens with zero attached hydrogens (tertiary/aromatic N) is 3. The van der Waals surface area contributed by atoms with Gasteiger partial charge >= 0.3 is 0 Å². The van der Waals surface area contributed by atoms with Gasteiger partial charge in [-0.15, -0.1) is 0 Å². The molecule has 0 bridgehead atoms. The van der Waals surface area contributed by atoms with Gasteiger partial charge in [0.1, 0.15) is 0 Å². The second kappa shape index (κ2) is 10.9. The summed E-state index contributed by atoms with van der Waals surface area (Å²) in [5, 5.41) is 6.95. The monoisotopic (exact) mass is 379 g/mol. The molecule has 156 valence electrons. The number of likely N-dealkylation sites (N-methyl/N-ethyl adjacent to an activating group) is 1. The van der Waals surface area contributed by atoms with Gasteiger partial charge in [0, 0.05) is 37.6 Å². The van der Waals surface area contributed by atoms with Crippen LogP contribution < -0.4 is 10.6 Å². The van der Waals surface area contributed by atoms with Crippen molar-refractivity contribution in [3.63, 3.8) is 0 Å². The highest BCUT2D eigenvalue weighted by Gasteiger charge is 2.28. The molecule has 0 aromatic rings. The summed E-state index contributed by atoms with van der Waals surface area (Å²) in [6.07, 6.45) is 7.76. The van der Waals surface area contributed by atoms with E-state index in [1.54, 1.807) is 0 Å². The first-order valence-corrected chi connectivity index (χ1v) is 10.9. The lowest BCUT2D eigenvalue weighted by Crippen LogP contribution is -2.46. The number of aliphatic imine (C=N–C) groups is 1. The van der Waals surface area contributed by atoms with Crippen LogP contribution in [0.3, 0.4) is 0 Å². The molecule has 2 rings (SSSR count). The predicted octanol–water partition coefficient (Wildman–Crippen LogP) is 2.31. The summed E-state index contributed by atoms with van der Waals surface area (Å²) in [6.45, 7) is 9.35. The number of hydrogen-bond donors (Lipinski definition) is 2. The Bertz CT molecular complexity index is 485. The van der Waals surface area contributed by atoms with E-state index in [-0.39, 0.29) is 17.9 Å². The Balaban J connectivity index is 1.93. The summed E-state index contributed by atoms with van der Waals surface area (Å²) in [5.74, 6) is 1.98. The average Bonchev–Trinajstić information content (AvgIpc) is 3.10. The van der Waals surface area contributed by atoms with E-state index in [1.165, 1.54) is 32.1 Å². The van der Waals surface area contributed by atoms with Crippen LogP contribution in [0.1, 0.15) is 59.3 Å². The molecule has 2 atom stereocenters. The van der Waals surface area contributed by atoms with Crippen LogP contribution in [0.5, 0.6) is 0 Å². The maximum atomic E-state index is 12.2. The topological polar surface area (TPSA) is 60.0 Å². The zero-order valence-corrected chi connectivity index (χ0v) is 18.1. The maximum Gasteiger partial charge on any atom is 0.225 e. The van der Waals surface area contributed by atoms with Crippen molar-refractivity contribution in [1.82, 2.24) is 20.4 Å². The maximum absolute atomic E-state index is 12.2. The molecule has 1 saturated heterocycles. The Hall–Kier alpha value is -1.30. The molecular weight excluding hydrogens is 338 g/mol. The minimum atomic E-state index is 0.0713. The molecule has 0 spiro atoms. The van der Waals surface area contributed by atoms with E-state index in [1.807, 2.05) is 18.7 Å². The Kier molecular flexibility index (Phi) is 8.87. The molecule has 1 saturated carbocycles. The van der Waals surface area contributed by atoms with E-state index in [9.17, 15) is 4.79 Å². The van der Waals surface area contributed by atoms with E-state index in [0.717, 1.165) is 44.5 Å². The normalized spacial score (nSPS) is 23.1. The Morgan fingerprint density at radius 1 is 1.19 bits per heavy atom. The molecule has 0 aromatic heterocycles. The molecule has 0 aromatic carbocycles. The van der Waals surface area contributed by atoms with Crippen LogP contribution in [0.15, 0.2) is 4.99 Å². The molecule has 1 heterocycles. The zero-order chi connectivity index (χ0) is 19.8. The third kappa shape index (κ3) is 6.66. The standard InChI is InChI=1S/C21H41N5O/c1-6-22-21(24-18-12-13-26(15-18)20(27)16(2)3)23-14-19(25(4)5)17-10-8-7-9-11-17/h16-19H,6-15H2,1-5H3,(H2,22,23,24).